The number of phenols is 1. The van der Waals surface area contributed by atoms with Crippen LogP contribution in [0.25, 0.3) is 0 Å². The highest BCUT2D eigenvalue weighted by Gasteiger charge is 2.31. The van der Waals surface area contributed by atoms with E-state index in [4.69, 9.17) is 0 Å². The van der Waals surface area contributed by atoms with Gasteiger partial charge < -0.3 is 15.7 Å². The normalized spacial score (nSPS) is 11.7. The van der Waals surface area contributed by atoms with Crippen molar-refractivity contribution in [3.05, 3.63) is 23.8 Å². The molecule has 1 aromatic carbocycles. The first-order valence-corrected chi connectivity index (χ1v) is 6.63. The largest absolute Gasteiger partial charge is 0.506 e. The Balaban J connectivity index is 2.59. The fraction of sp³-hybridized carbons (Fsp3) is 0.500. The summed E-state index contributed by atoms with van der Waals surface area (Å²) in [5, 5.41) is 14.9. The molecule has 0 aliphatic rings. The molecule has 0 spiro atoms. The van der Waals surface area contributed by atoms with Gasteiger partial charge in [0.15, 0.2) is 0 Å². The van der Waals surface area contributed by atoms with E-state index in [9.17, 15) is 23.1 Å². The van der Waals surface area contributed by atoms with Crippen LogP contribution in [0.2, 0.25) is 0 Å². The lowest BCUT2D eigenvalue weighted by Gasteiger charge is -2.12. The first-order valence-electron chi connectivity index (χ1n) is 6.63. The fourth-order valence-corrected chi connectivity index (χ4v) is 1.66. The van der Waals surface area contributed by atoms with E-state index >= 15 is 0 Å². The van der Waals surface area contributed by atoms with Crippen molar-refractivity contribution >= 4 is 11.6 Å². The topological polar surface area (TPSA) is 61.4 Å². The molecule has 1 rings (SSSR count). The molecule has 0 saturated carbocycles. The summed E-state index contributed by atoms with van der Waals surface area (Å²) in [6, 6.07) is 2.70. The van der Waals surface area contributed by atoms with Crippen LogP contribution in [-0.2, 0) is 11.0 Å². The van der Waals surface area contributed by atoms with Gasteiger partial charge in [-0.05, 0) is 31.2 Å². The van der Waals surface area contributed by atoms with Crippen molar-refractivity contribution in [3.63, 3.8) is 0 Å². The van der Waals surface area contributed by atoms with Crippen LogP contribution in [0.5, 0.6) is 5.75 Å². The summed E-state index contributed by atoms with van der Waals surface area (Å²) < 4.78 is 37.7. The van der Waals surface area contributed by atoms with Crippen LogP contribution >= 0.6 is 0 Å². The first-order chi connectivity index (χ1) is 9.70. The first kappa shape index (κ1) is 17.3. The van der Waals surface area contributed by atoms with Crippen molar-refractivity contribution in [3.8, 4) is 5.75 Å². The van der Waals surface area contributed by atoms with Gasteiger partial charge in [0.25, 0.3) is 0 Å². The number of phenolic OH excluding ortho intramolecular Hbond substituents is 1. The van der Waals surface area contributed by atoms with E-state index in [0.717, 1.165) is 18.2 Å². The Morgan fingerprint density at radius 2 is 2.00 bits per heavy atom. The average molecular weight is 304 g/mol. The summed E-state index contributed by atoms with van der Waals surface area (Å²) in [6.07, 6.45) is -3.80. The van der Waals surface area contributed by atoms with E-state index in [0.29, 0.717) is 19.0 Å². The molecule has 0 aromatic heterocycles. The Labute approximate surface area is 121 Å². The van der Waals surface area contributed by atoms with Crippen LogP contribution in [0.15, 0.2) is 18.2 Å². The number of carbonyl (C=O) groups excluding carboxylic acids is 1. The van der Waals surface area contributed by atoms with Gasteiger partial charge in [0.05, 0.1) is 11.3 Å². The number of benzene rings is 1. The molecule has 4 nitrogen and oxygen atoms in total. The zero-order valence-corrected chi connectivity index (χ0v) is 11.9. The van der Waals surface area contributed by atoms with E-state index < -0.39 is 23.4 Å². The second-order valence-corrected chi connectivity index (χ2v) is 4.99. The summed E-state index contributed by atoms with van der Waals surface area (Å²) >= 11 is 0. The van der Waals surface area contributed by atoms with E-state index in [1.54, 1.807) is 0 Å². The molecule has 0 fully saturated rings. The van der Waals surface area contributed by atoms with Gasteiger partial charge in [-0.1, -0.05) is 13.8 Å². The van der Waals surface area contributed by atoms with E-state index in [1.165, 1.54) is 0 Å². The Morgan fingerprint density at radius 3 is 2.57 bits per heavy atom. The maximum absolute atomic E-state index is 12.6. The third-order valence-electron chi connectivity index (χ3n) is 2.73. The van der Waals surface area contributed by atoms with Gasteiger partial charge in [0, 0.05) is 12.5 Å². The molecule has 118 valence electrons. The number of alkyl halides is 3. The second-order valence-electron chi connectivity index (χ2n) is 4.99. The third-order valence-corrected chi connectivity index (χ3v) is 2.73. The molecular formula is C14H19F3N2O2. The Morgan fingerprint density at radius 1 is 1.33 bits per heavy atom. The van der Waals surface area contributed by atoms with E-state index in [2.05, 4.69) is 10.6 Å². The van der Waals surface area contributed by atoms with Crippen molar-refractivity contribution < 1.29 is 23.1 Å². The predicted molar refractivity (Wildman–Crippen MR) is 74.1 cm³/mol. The molecule has 0 aliphatic heterocycles. The number of halogens is 3. The monoisotopic (exact) mass is 304 g/mol. The van der Waals surface area contributed by atoms with Crippen molar-refractivity contribution in [1.29, 1.82) is 0 Å². The smallest absolute Gasteiger partial charge is 0.416 e. The zero-order valence-electron chi connectivity index (χ0n) is 11.9. The predicted octanol–water partition coefficient (Wildman–Crippen LogP) is 3.13. The molecule has 7 heteroatoms. The highest BCUT2D eigenvalue weighted by atomic mass is 19.4. The minimum absolute atomic E-state index is 0.162. The quantitative estimate of drug-likeness (QED) is 0.559. The SMILES string of the molecule is CC(C)NCCCC(=O)Nc1cc(C(F)(F)F)ccc1O. The molecule has 0 radical (unpaired) electrons. The van der Waals surface area contributed by atoms with Gasteiger partial charge in [-0.15, -0.1) is 0 Å². The van der Waals surface area contributed by atoms with E-state index in [-0.39, 0.29) is 12.1 Å². The van der Waals surface area contributed by atoms with Gasteiger partial charge in [-0.25, -0.2) is 0 Å². The lowest BCUT2D eigenvalue weighted by molar-refractivity contribution is -0.137. The lowest BCUT2D eigenvalue weighted by Crippen LogP contribution is -2.24. The average Bonchev–Trinajstić information content (AvgIpc) is 2.36. The number of amides is 1. The van der Waals surface area contributed by atoms with Crippen LogP contribution < -0.4 is 10.6 Å². The highest BCUT2D eigenvalue weighted by Crippen LogP contribution is 2.34. The maximum atomic E-state index is 12.6. The number of carbonyl (C=O) groups is 1. The molecule has 1 aromatic rings. The van der Waals surface area contributed by atoms with Gasteiger partial charge in [0.1, 0.15) is 5.75 Å². The van der Waals surface area contributed by atoms with Crippen LogP contribution in [-0.4, -0.2) is 23.6 Å². The summed E-state index contributed by atoms with van der Waals surface area (Å²) in [4.78, 5) is 11.6. The van der Waals surface area contributed by atoms with Gasteiger partial charge in [-0.2, -0.15) is 13.2 Å². The molecule has 0 unspecified atom stereocenters. The standard InChI is InChI=1S/C14H19F3N2O2/c1-9(2)18-7-3-4-13(21)19-11-8-10(14(15,16)17)5-6-12(11)20/h5-6,8-9,18,20H,3-4,7H2,1-2H3,(H,19,21). The number of hydrogen-bond acceptors (Lipinski definition) is 3. The van der Waals surface area contributed by atoms with Gasteiger partial charge in [0.2, 0.25) is 5.91 Å². The molecule has 1 amide bonds. The number of aromatic hydroxyl groups is 1. The van der Waals surface area contributed by atoms with E-state index in [1.807, 2.05) is 13.8 Å². The minimum atomic E-state index is -4.52. The number of nitrogens with one attached hydrogen (secondary N) is 2. The summed E-state index contributed by atoms with van der Waals surface area (Å²) in [7, 11) is 0. The second kappa shape index (κ2) is 7.31. The van der Waals surface area contributed by atoms with Crippen LogP contribution in [0.4, 0.5) is 18.9 Å². The Bertz CT molecular complexity index is 488. The van der Waals surface area contributed by atoms with Crippen LogP contribution in [0.1, 0.15) is 32.3 Å². The number of anilines is 1. The van der Waals surface area contributed by atoms with Crippen LogP contribution in [0, 0.1) is 0 Å². The van der Waals surface area contributed by atoms with Gasteiger partial charge >= 0.3 is 6.18 Å². The molecular weight excluding hydrogens is 285 g/mol. The molecule has 0 heterocycles. The Kier molecular flexibility index (Phi) is 6.02. The van der Waals surface area contributed by atoms with Crippen molar-refractivity contribution in [2.75, 3.05) is 11.9 Å². The molecule has 0 atom stereocenters. The lowest BCUT2D eigenvalue weighted by atomic mass is 10.1. The fourth-order valence-electron chi connectivity index (χ4n) is 1.66. The maximum Gasteiger partial charge on any atom is 0.416 e. The molecule has 0 aliphatic carbocycles. The highest BCUT2D eigenvalue weighted by molar-refractivity contribution is 5.92. The van der Waals surface area contributed by atoms with Gasteiger partial charge in [-0.3, -0.25) is 4.79 Å². The summed E-state index contributed by atoms with van der Waals surface area (Å²) in [5.41, 5.74) is -1.15. The molecule has 21 heavy (non-hydrogen) atoms. The van der Waals surface area contributed by atoms with Crippen molar-refractivity contribution in [2.45, 2.75) is 38.9 Å². The number of rotatable bonds is 6. The van der Waals surface area contributed by atoms with Crippen LogP contribution in [0.3, 0.4) is 0 Å². The third kappa shape index (κ3) is 6.03. The zero-order chi connectivity index (χ0) is 16.0. The molecule has 0 bridgehead atoms. The number of hydrogen-bond donors (Lipinski definition) is 3. The molecule has 3 N–H and O–H groups in total. The summed E-state index contributed by atoms with van der Waals surface area (Å²) in [5.74, 6) is -0.827. The Hall–Kier alpha value is -1.76. The molecule has 0 saturated heterocycles. The summed E-state index contributed by atoms with van der Waals surface area (Å²) in [6.45, 7) is 4.58. The minimum Gasteiger partial charge on any atom is -0.506 e. The van der Waals surface area contributed by atoms with Crippen molar-refractivity contribution in [1.82, 2.24) is 5.32 Å². The van der Waals surface area contributed by atoms with Crippen molar-refractivity contribution in [2.24, 2.45) is 0 Å².